The highest BCUT2D eigenvalue weighted by Gasteiger charge is 2.26. The van der Waals surface area contributed by atoms with E-state index >= 15 is 0 Å². The molecule has 18 heavy (non-hydrogen) atoms. The van der Waals surface area contributed by atoms with Crippen LogP contribution in [0.3, 0.4) is 0 Å². The maximum absolute atomic E-state index is 5.82. The van der Waals surface area contributed by atoms with Crippen molar-refractivity contribution in [2.24, 2.45) is 11.7 Å². The van der Waals surface area contributed by atoms with E-state index in [0.29, 0.717) is 6.04 Å². The Morgan fingerprint density at radius 1 is 1.44 bits per heavy atom. The molecule has 3 nitrogen and oxygen atoms in total. The van der Waals surface area contributed by atoms with Crippen LogP contribution in [-0.4, -0.2) is 31.6 Å². The van der Waals surface area contributed by atoms with Gasteiger partial charge in [-0.2, -0.15) is 0 Å². The molecule has 2 rings (SSSR count). The van der Waals surface area contributed by atoms with Gasteiger partial charge >= 0.3 is 0 Å². The smallest absolute Gasteiger partial charge is 0.123 e. The van der Waals surface area contributed by atoms with Gasteiger partial charge in [0.05, 0.1) is 7.11 Å². The lowest BCUT2D eigenvalue weighted by Crippen LogP contribution is -2.41. The van der Waals surface area contributed by atoms with Gasteiger partial charge in [-0.05, 0) is 44.0 Å². The lowest BCUT2D eigenvalue weighted by molar-refractivity contribution is 0.177. The number of nitrogens with two attached hydrogens (primary N) is 1. The van der Waals surface area contributed by atoms with Crippen molar-refractivity contribution < 1.29 is 4.74 Å². The Kier molecular flexibility index (Phi) is 4.65. The molecule has 1 fully saturated rings. The summed E-state index contributed by atoms with van der Waals surface area (Å²) >= 11 is 3.51. The summed E-state index contributed by atoms with van der Waals surface area (Å²) in [7, 11) is 3.88. The second kappa shape index (κ2) is 6.04. The first-order valence-corrected chi connectivity index (χ1v) is 7.14. The SMILES string of the molecule is COc1ccc(Br)cc1CN(C)CC1CC(N)C1. The van der Waals surface area contributed by atoms with Gasteiger partial charge in [-0.25, -0.2) is 0 Å². The molecule has 0 atom stereocenters. The number of hydrogen-bond donors (Lipinski definition) is 1. The summed E-state index contributed by atoms with van der Waals surface area (Å²) in [4.78, 5) is 2.35. The van der Waals surface area contributed by atoms with Crippen molar-refractivity contribution in [3.63, 3.8) is 0 Å². The summed E-state index contributed by atoms with van der Waals surface area (Å²) in [5, 5.41) is 0. The van der Waals surface area contributed by atoms with Crippen LogP contribution in [-0.2, 0) is 6.54 Å². The fraction of sp³-hybridized carbons (Fsp3) is 0.571. The van der Waals surface area contributed by atoms with E-state index in [2.05, 4.69) is 33.9 Å². The molecule has 4 heteroatoms. The van der Waals surface area contributed by atoms with Gasteiger partial charge in [0.1, 0.15) is 5.75 Å². The van der Waals surface area contributed by atoms with Crippen molar-refractivity contribution in [1.82, 2.24) is 4.90 Å². The molecule has 1 saturated carbocycles. The third kappa shape index (κ3) is 3.46. The predicted octanol–water partition coefficient (Wildman–Crippen LogP) is 2.63. The molecule has 0 aromatic heterocycles. The van der Waals surface area contributed by atoms with Crippen molar-refractivity contribution in [2.45, 2.75) is 25.4 Å². The number of rotatable bonds is 5. The Bertz CT molecular complexity index is 405. The van der Waals surface area contributed by atoms with Crippen LogP contribution >= 0.6 is 15.9 Å². The molecular formula is C14H21BrN2O. The quantitative estimate of drug-likeness (QED) is 0.908. The van der Waals surface area contributed by atoms with Crippen LogP contribution < -0.4 is 10.5 Å². The minimum atomic E-state index is 0.434. The van der Waals surface area contributed by atoms with E-state index in [1.54, 1.807) is 7.11 Å². The van der Waals surface area contributed by atoms with Crippen molar-refractivity contribution in [2.75, 3.05) is 20.7 Å². The maximum atomic E-state index is 5.82. The lowest BCUT2D eigenvalue weighted by atomic mass is 9.80. The highest BCUT2D eigenvalue weighted by molar-refractivity contribution is 9.10. The van der Waals surface area contributed by atoms with E-state index in [9.17, 15) is 0 Å². The van der Waals surface area contributed by atoms with Gasteiger partial charge < -0.3 is 15.4 Å². The first-order valence-electron chi connectivity index (χ1n) is 6.35. The van der Waals surface area contributed by atoms with Crippen LogP contribution in [0.25, 0.3) is 0 Å². The van der Waals surface area contributed by atoms with Crippen LogP contribution in [0.4, 0.5) is 0 Å². The highest BCUT2D eigenvalue weighted by Crippen LogP contribution is 2.28. The lowest BCUT2D eigenvalue weighted by Gasteiger charge is -2.35. The number of halogens is 1. The summed E-state index contributed by atoms with van der Waals surface area (Å²) in [6.07, 6.45) is 2.33. The zero-order valence-electron chi connectivity index (χ0n) is 11.0. The molecule has 1 aromatic carbocycles. The Balaban J connectivity index is 1.93. The first kappa shape index (κ1) is 13.8. The Hall–Kier alpha value is -0.580. The van der Waals surface area contributed by atoms with Gasteiger partial charge in [-0.15, -0.1) is 0 Å². The van der Waals surface area contributed by atoms with Gasteiger partial charge in [0.2, 0.25) is 0 Å². The molecule has 0 spiro atoms. The second-order valence-corrected chi connectivity index (χ2v) is 6.17. The van der Waals surface area contributed by atoms with E-state index in [1.165, 1.54) is 18.4 Å². The summed E-state index contributed by atoms with van der Waals surface area (Å²) in [5.74, 6) is 1.72. The average molecular weight is 313 g/mol. The number of methoxy groups -OCH3 is 1. The zero-order valence-corrected chi connectivity index (χ0v) is 12.6. The molecule has 0 heterocycles. The third-order valence-corrected chi connectivity index (χ3v) is 4.02. The molecule has 0 amide bonds. The van der Waals surface area contributed by atoms with Crippen LogP contribution in [0.5, 0.6) is 5.75 Å². The molecule has 2 N–H and O–H groups in total. The average Bonchev–Trinajstić information content (AvgIpc) is 2.27. The van der Waals surface area contributed by atoms with E-state index in [0.717, 1.165) is 29.2 Å². The fourth-order valence-corrected chi connectivity index (χ4v) is 3.01. The zero-order chi connectivity index (χ0) is 13.1. The van der Waals surface area contributed by atoms with Crippen molar-refractivity contribution in [3.8, 4) is 5.75 Å². The van der Waals surface area contributed by atoms with Gasteiger partial charge in [0.25, 0.3) is 0 Å². The highest BCUT2D eigenvalue weighted by atomic mass is 79.9. The van der Waals surface area contributed by atoms with Crippen LogP contribution in [0, 0.1) is 5.92 Å². The summed E-state index contributed by atoms with van der Waals surface area (Å²) in [5.41, 5.74) is 7.04. The summed E-state index contributed by atoms with van der Waals surface area (Å²) in [6.45, 7) is 2.03. The van der Waals surface area contributed by atoms with Crippen molar-refractivity contribution in [3.05, 3.63) is 28.2 Å². The molecule has 0 unspecified atom stereocenters. The molecule has 100 valence electrons. The minimum Gasteiger partial charge on any atom is -0.496 e. The number of nitrogens with zero attached hydrogens (tertiary/aromatic N) is 1. The number of ether oxygens (including phenoxy) is 1. The maximum Gasteiger partial charge on any atom is 0.123 e. The Morgan fingerprint density at radius 2 is 2.17 bits per heavy atom. The van der Waals surface area contributed by atoms with Crippen molar-refractivity contribution >= 4 is 15.9 Å². The molecule has 0 radical (unpaired) electrons. The monoisotopic (exact) mass is 312 g/mol. The fourth-order valence-electron chi connectivity index (χ4n) is 2.60. The van der Waals surface area contributed by atoms with E-state index in [1.807, 2.05) is 12.1 Å². The molecule has 0 aliphatic heterocycles. The number of hydrogen-bond acceptors (Lipinski definition) is 3. The van der Waals surface area contributed by atoms with Crippen LogP contribution in [0.1, 0.15) is 18.4 Å². The first-order chi connectivity index (χ1) is 8.58. The van der Waals surface area contributed by atoms with Gasteiger partial charge in [0.15, 0.2) is 0 Å². The molecule has 1 aromatic rings. The summed E-state index contributed by atoms with van der Waals surface area (Å²) < 4.78 is 6.49. The van der Waals surface area contributed by atoms with Gasteiger partial charge in [0, 0.05) is 29.2 Å². The Labute approximate surface area is 117 Å². The molecule has 0 bridgehead atoms. The molecular weight excluding hydrogens is 292 g/mol. The molecule has 1 aliphatic carbocycles. The predicted molar refractivity (Wildman–Crippen MR) is 77.7 cm³/mol. The van der Waals surface area contributed by atoms with Crippen LogP contribution in [0.2, 0.25) is 0 Å². The number of benzene rings is 1. The van der Waals surface area contributed by atoms with Crippen molar-refractivity contribution in [1.29, 1.82) is 0 Å². The largest absolute Gasteiger partial charge is 0.496 e. The third-order valence-electron chi connectivity index (χ3n) is 3.52. The molecule has 1 aliphatic rings. The normalized spacial score (nSPS) is 22.9. The van der Waals surface area contributed by atoms with Crippen LogP contribution in [0.15, 0.2) is 22.7 Å². The molecule has 0 saturated heterocycles. The van der Waals surface area contributed by atoms with Gasteiger partial charge in [-0.1, -0.05) is 15.9 Å². The second-order valence-electron chi connectivity index (χ2n) is 5.25. The van der Waals surface area contributed by atoms with E-state index < -0.39 is 0 Å². The summed E-state index contributed by atoms with van der Waals surface area (Å²) in [6, 6.07) is 6.57. The topological polar surface area (TPSA) is 38.5 Å². The standard InChI is InChI=1S/C14H21BrN2O/c1-17(8-10-5-13(16)6-10)9-11-7-12(15)3-4-14(11)18-2/h3-4,7,10,13H,5-6,8-9,16H2,1-2H3. The van der Waals surface area contributed by atoms with E-state index in [4.69, 9.17) is 10.5 Å². The van der Waals surface area contributed by atoms with E-state index in [-0.39, 0.29) is 0 Å². The van der Waals surface area contributed by atoms with Gasteiger partial charge in [-0.3, -0.25) is 0 Å². The Morgan fingerprint density at radius 3 is 2.78 bits per heavy atom. The minimum absolute atomic E-state index is 0.434.